The number of anilines is 1. The number of urea groups is 1. The lowest BCUT2D eigenvalue weighted by Crippen LogP contribution is -2.52. The number of amides is 3. The molecule has 6 fully saturated rings. The molecule has 5 atom stereocenters. The van der Waals surface area contributed by atoms with E-state index >= 15 is 0 Å². The van der Waals surface area contributed by atoms with Gasteiger partial charge in [0.25, 0.3) is 0 Å². The van der Waals surface area contributed by atoms with Crippen LogP contribution in [-0.4, -0.2) is 66.5 Å². The molecule has 1 aromatic carbocycles. The molecule has 3 amide bonds. The van der Waals surface area contributed by atoms with Crippen LogP contribution in [0, 0.1) is 23.2 Å². The first-order valence-electron chi connectivity index (χ1n) is 13.0. The Balaban J connectivity index is 1.16. The predicted molar refractivity (Wildman–Crippen MR) is 129 cm³/mol. The largest absolute Gasteiger partial charge is 0.338 e. The van der Waals surface area contributed by atoms with Gasteiger partial charge < -0.3 is 15.1 Å². The van der Waals surface area contributed by atoms with Gasteiger partial charge in [-0.3, -0.25) is 9.69 Å². The fraction of sp³-hybridized carbons (Fsp3) is 0.667. The molecular formula is C27H35N5O2. The van der Waals surface area contributed by atoms with E-state index in [0.29, 0.717) is 18.9 Å². The zero-order valence-electron chi connectivity index (χ0n) is 20.1. The first-order valence-corrected chi connectivity index (χ1v) is 13.0. The van der Waals surface area contributed by atoms with Gasteiger partial charge in [-0.2, -0.15) is 5.26 Å². The van der Waals surface area contributed by atoms with Crippen molar-refractivity contribution in [1.82, 2.24) is 15.1 Å². The molecule has 7 rings (SSSR count). The predicted octanol–water partition coefficient (Wildman–Crippen LogP) is 3.25. The van der Waals surface area contributed by atoms with E-state index in [0.717, 1.165) is 50.5 Å². The second-order valence-corrected chi connectivity index (χ2v) is 11.5. The summed E-state index contributed by atoms with van der Waals surface area (Å²) in [4.78, 5) is 31.0. The van der Waals surface area contributed by atoms with Gasteiger partial charge in [-0.15, -0.1) is 0 Å². The molecule has 0 aromatic heterocycles. The molecule has 0 radical (unpaired) electrons. The van der Waals surface area contributed by atoms with Crippen LogP contribution in [0.2, 0.25) is 0 Å². The molecule has 180 valence electrons. The molecule has 4 bridgehead atoms. The van der Waals surface area contributed by atoms with Gasteiger partial charge in [-0.25, -0.2) is 4.79 Å². The maximum Gasteiger partial charge on any atom is 0.324 e. The Morgan fingerprint density at radius 3 is 2.74 bits per heavy atom. The lowest BCUT2D eigenvalue weighted by atomic mass is 9.65. The molecule has 1 aromatic rings. The van der Waals surface area contributed by atoms with Gasteiger partial charge in [0.1, 0.15) is 0 Å². The number of rotatable bonds is 6. The van der Waals surface area contributed by atoms with Crippen molar-refractivity contribution in [3.05, 3.63) is 29.8 Å². The minimum absolute atomic E-state index is 0.0648. The minimum atomic E-state index is 0.0648. The van der Waals surface area contributed by atoms with Crippen LogP contribution in [0.4, 0.5) is 10.5 Å². The number of carbonyl (C=O) groups is 2. The van der Waals surface area contributed by atoms with E-state index in [2.05, 4.69) is 35.7 Å². The van der Waals surface area contributed by atoms with Gasteiger partial charge in [0.15, 0.2) is 0 Å². The van der Waals surface area contributed by atoms with E-state index in [9.17, 15) is 9.59 Å². The van der Waals surface area contributed by atoms with Crippen LogP contribution in [-0.2, 0) is 10.2 Å². The van der Waals surface area contributed by atoms with Crippen LogP contribution in [0.1, 0.15) is 56.9 Å². The van der Waals surface area contributed by atoms with E-state index in [4.69, 9.17) is 5.26 Å². The van der Waals surface area contributed by atoms with E-state index in [-0.39, 0.29) is 28.9 Å². The second kappa shape index (κ2) is 7.98. The molecule has 1 N–H and O–H groups in total. The Morgan fingerprint density at radius 1 is 1.18 bits per heavy atom. The van der Waals surface area contributed by atoms with Crippen LogP contribution >= 0.6 is 0 Å². The normalized spacial score (nSPS) is 36.1. The highest BCUT2D eigenvalue weighted by Gasteiger charge is 2.64. The van der Waals surface area contributed by atoms with E-state index in [1.165, 1.54) is 31.2 Å². The number of hydrogen-bond acceptors (Lipinski definition) is 4. The van der Waals surface area contributed by atoms with Crippen molar-refractivity contribution in [3.8, 4) is 6.07 Å². The lowest BCUT2D eigenvalue weighted by molar-refractivity contribution is -0.131. The van der Waals surface area contributed by atoms with Crippen LogP contribution in [0.5, 0.6) is 0 Å². The molecule has 6 aliphatic rings. The second-order valence-electron chi connectivity index (χ2n) is 11.5. The Hall–Kier alpha value is -2.59. The summed E-state index contributed by atoms with van der Waals surface area (Å²) in [7, 11) is 1.85. The summed E-state index contributed by atoms with van der Waals surface area (Å²) in [5, 5.41) is 12.9. The Bertz CT molecular complexity index is 1030. The standard InChI is InChI=1S/C27H35N5O2/c1-30-11-12-32(25(30)34)23-6-4-20(5-7-23)26-14-19-13-21(16-26)27(15-19,18-26)29-17-24(33)31-10-2-3-22(31)8-9-28/h4-7,19,21-22,29H,2-3,8,10-18H2,1H3/t19?,21?,22-,26?,27?/m0/s1. The molecule has 2 aliphatic heterocycles. The summed E-state index contributed by atoms with van der Waals surface area (Å²) < 4.78 is 0. The molecule has 2 saturated heterocycles. The van der Waals surface area contributed by atoms with E-state index in [1.54, 1.807) is 4.90 Å². The number of benzene rings is 1. The zero-order chi connectivity index (χ0) is 23.5. The van der Waals surface area contributed by atoms with Crippen molar-refractivity contribution in [2.45, 2.75) is 68.4 Å². The lowest BCUT2D eigenvalue weighted by Gasteiger charge is -2.42. The minimum Gasteiger partial charge on any atom is -0.338 e. The van der Waals surface area contributed by atoms with Crippen molar-refractivity contribution in [2.24, 2.45) is 11.8 Å². The number of nitrogens with zero attached hydrogens (tertiary/aromatic N) is 4. The molecule has 4 unspecified atom stereocenters. The third-order valence-electron chi connectivity index (χ3n) is 9.65. The van der Waals surface area contributed by atoms with Gasteiger partial charge in [0, 0.05) is 44.0 Å². The first kappa shape index (κ1) is 21.9. The highest BCUT2D eigenvalue weighted by atomic mass is 16.2. The molecule has 7 heteroatoms. The maximum atomic E-state index is 13.0. The third-order valence-corrected chi connectivity index (χ3v) is 9.65. The number of likely N-dealkylation sites (N-methyl/N-ethyl adjacent to an activating group) is 1. The van der Waals surface area contributed by atoms with Crippen molar-refractivity contribution >= 4 is 17.6 Å². The van der Waals surface area contributed by atoms with Gasteiger partial charge in [0.05, 0.1) is 19.0 Å². The van der Waals surface area contributed by atoms with Crippen LogP contribution < -0.4 is 10.2 Å². The summed E-state index contributed by atoms with van der Waals surface area (Å²) in [5.74, 6) is 1.51. The summed E-state index contributed by atoms with van der Waals surface area (Å²) in [6.07, 6.45) is 8.39. The first-order chi connectivity index (χ1) is 16.4. The molecule has 4 aliphatic carbocycles. The summed E-state index contributed by atoms with van der Waals surface area (Å²) >= 11 is 0. The SMILES string of the molecule is CN1CCN(c2ccc(C34CC5CC(C3)C(NCC(=O)N3CCC[C@H]3CC#N)(C5)C4)cc2)C1=O. The molecule has 7 nitrogen and oxygen atoms in total. The maximum absolute atomic E-state index is 13.0. The number of carbonyl (C=O) groups excluding carboxylic acids is 2. The van der Waals surface area contributed by atoms with Crippen molar-refractivity contribution in [2.75, 3.05) is 38.1 Å². The fourth-order valence-corrected chi connectivity index (χ4v) is 8.23. The smallest absolute Gasteiger partial charge is 0.324 e. The fourth-order valence-electron chi connectivity index (χ4n) is 8.23. The Labute approximate surface area is 202 Å². The van der Waals surface area contributed by atoms with Gasteiger partial charge in [-0.1, -0.05) is 12.1 Å². The third kappa shape index (κ3) is 3.33. The van der Waals surface area contributed by atoms with Crippen LogP contribution in [0.15, 0.2) is 24.3 Å². The average Bonchev–Trinajstić information content (AvgIpc) is 3.54. The number of likely N-dealkylation sites (tertiary alicyclic amines) is 1. The zero-order valence-corrected chi connectivity index (χ0v) is 20.1. The number of hydrogen-bond donors (Lipinski definition) is 1. The average molecular weight is 462 g/mol. The molecular weight excluding hydrogens is 426 g/mol. The Morgan fingerprint density at radius 2 is 2.00 bits per heavy atom. The highest BCUT2D eigenvalue weighted by Crippen LogP contribution is 2.66. The molecule has 34 heavy (non-hydrogen) atoms. The highest BCUT2D eigenvalue weighted by molar-refractivity contribution is 5.93. The van der Waals surface area contributed by atoms with Crippen LogP contribution in [0.25, 0.3) is 0 Å². The summed E-state index contributed by atoms with van der Waals surface area (Å²) in [6, 6.07) is 11.2. The van der Waals surface area contributed by atoms with E-state index < -0.39 is 0 Å². The van der Waals surface area contributed by atoms with Crippen LogP contribution in [0.3, 0.4) is 0 Å². The summed E-state index contributed by atoms with van der Waals surface area (Å²) in [5.41, 5.74) is 2.63. The van der Waals surface area contributed by atoms with Gasteiger partial charge in [-0.05, 0) is 79.9 Å². The van der Waals surface area contributed by atoms with E-state index in [1.807, 2.05) is 16.8 Å². The summed E-state index contributed by atoms with van der Waals surface area (Å²) in [6.45, 7) is 2.70. The molecule has 4 saturated carbocycles. The molecule has 0 spiro atoms. The van der Waals surface area contributed by atoms with Crippen molar-refractivity contribution in [1.29, 1.82) is 5.26 Å². The van der Waals surface area contributed by atoms with Crippen molar-refractivity contribution in [3.63, 3.8) is 0 Å². The Kier molecular flexibility index (Phi) is 5.14. The van der Waals surface area contributed by atoms with Gasteiger partial charge in [0.2, 0.25) is 5.91 Å². The molecule has 2 heterocycles. The van der Waals surface area contributed by atoms with Gasteiger partial charge >= 0.3 is 6.03 Å². The topological polar surface area (TPSA) is 79.7 Å². The number of nitrogens with one attached hydrogen (secondary N) is 1. The quantitative estimate of drug-likeness (QED) is 0.705. The van der Waals surface area contributed by atoms with Crippen molar-refractivity contribution < 1.29 is 9.59 Å². The number of nitriles is 1. The monoisotopic (exact) mass is 461 g/mol.